The van der Waals surface area contributed by atoms with E-state index in [4.69, 9.17) is 5.73 Å². The highest BCUT2D eigenvalue weighted by atomic mass is 16.2. The lowest BCUT2D eigenvalue weighted by Gasteiger charge is -2.31. The van der Waals surface area contributed by atoms with E-state index in [1.165, 1.54) is 0 Å². The van der Waals surface area contributed by atoms with Gasteiger partial charge in [-0.15, -0.1) is 5.10 Å². The molecule has 2 aliphatic heterocycles. The molecule has 136 valence electrons. The maximum absolute atomic E-state index is 12.8. The molecule has 4 N–H and O–H groups in total. The molecule has 9 nitrogen and oxygen atoms in total. The van der Waals surface area contributed by atoms with Gasteiger partial charge in [-0.3, -0.25) is 4.79 Å². The van der Waals surface area contributed by atoms with E-state index in [9.17, 15) is 10.1 Å². The standard InChI is InChI=1S/C17H22N8O/c18-10-11-9-14(25-6-2-1-3-13(11)25)15(26)20-12-4-7-24(8-5-12)17-21-16(19)22-23-17/h9,12H,1-8H2,(H,20,26)(H3,19,21,22,23). The lowest BCUT2D eigenvalue weighted by atomic mass is 10.1. The predicted molar refractivity (Wildman–Crippen MR) is 95.6 cm³/mol. The molecule has 0 bridgehead atoms. The Morgan fingerprint density at radius 1 is 1.35 bits per heavy atom. The number of H-pyrrole nitrogens is 1. The minimum Gasteiger partial charge on any atom is -0.368 e. The Labute approximate surface area is 151 Å². The van der Waals surface area contributed by atoms with Crippen molar-refractivity contribution in [1.29, 1.82) is 5.26 Å². The zero-order chi connectivity index (χ0) is 18.1. The largest absolute Gasteiger partial charge is 0.368 e. The van der Waals surface area contributed by atoms with Crippen LogP contribution in [-0.4, -0.2) is 44.8 Å². The van der Waals surface area contributed by atoms with E-state index in [2.05, 4.69) is 31.5 Å². The molecule has 2 aromatic rings. The first kappa shape index (κ1) is 16.4. The fraction of sp³-hybridized carbons (Fsp3) is 0.529. The monoisotopic (exact) mass is 354 g/mol. The number of carbonyl (C=O) groups is 1. The number of hydrogen-bond donors (Lipinski definition) is 3. The number of amides is 1. The molecule has 4 rings (SSSR count). The van der Waals surface area contributed by atoms with Crippen molar-refractivity contribution in [3.05, 3.63) is 23.0 Å². The quantitative estimate of drug-likeness (QED) is 0.747. The van der Waals surface area contributed by atoms with Gasteiger partial charge in [-0.05, 0) is 38.2 Å². The molecular weight excluding hydrogens is 332 g/mol. The van der Waals surface area contributed by atoms with Gasteiger partial charge in [0, 0.05) is 31.4 Å². The van der Waals surface area contributed by atoms with Crippen molar-refractivity contribution in [2.45, 2.75) is 44.7 Å². The fourth-order valence-corrected chi connectivity index (χ4v) is 3.85. The summed E-state index contributed by atoms with van der Waals surface area (Å²) in [4.78, 5) is 19.0. The van der Waals surface area contributed by atoms with Crippen molar-refractivity contribution in [1.82, 2.24) is 25.1 Å². The summed E-state index contributed by atoms with van der Waals surface area (Å²) < 4.78 is 2.02. The highest BCUT2D eigenvalue weighted by molar-refractivity contribution is 5.93. The molecule has 2 aliphatic rings. The van der Waals surface area contributed by atoms with Crippen molar-refractivity contribution in [2.24, 2.45) is 0 Å². The third kappa shape index (κ3) is 2.98. The predicted octanol–water partition coefficient (Wildman–Crippen LogP) is 0.795. The average Bonchev–Trinajstić information content (AvgIpc) is 3.26. The minimum atomic E-state index is -0.0877. The van der Waals surface area contributed by atoms with E-state index >= 15 is 0 Å². The van der Waals surface area contributed by atoms with Crippen LogP contribution in [0.25, 0.3) is 0 Å². The number of nitriles is 1. The van der Waals surface area contributed by atoms with Crippen LogP contribution in [0.15, 0.2) is 6.07 Å². The first-order valence-corrected chi connectivity index (χ1v) is 9.02. The molecular formula is C17H22N8O. The summed E-state index contributed by atoms with van der Waals surface area (Å²) in [5, 5.41) is 19.2. The number of fused-ring (bicyclic) bond motifs is 1. The Morgan fingerprint density at radius 2 is 2.15 bits per heavy atom. The highest BCUT2D eigenvalue weighted by Gasteiger charge is 2.26. The van der Waals surface area contributed by atoms with E-state index in [1.54, 1.807) is 6.07 Å². The second-order valence-corrected chi connectivity index (χ2v) is 6.87. The van der Waals surface area contributed by atoms with Gasteiger partial charge in [0.1, 0.15) is 11.8 Å². The second-order valence-electron chi connectivity index (χ2n) is 6.87. The Balaban J connectivity index is 1.40. The number of aromatic amines is 1. The maximum Gasteiger partial charge on any atom is 0.268 e. The summed E-state index contributed by atoms with van der Waals surface area (Å²) in [5.41, 5.74) is 7.82. The second kappa shape index (κ2) is 6.71. The molecule has 4 heterocycles. The molecule has 0 atom stereocenters. The number of aromatic nitrogens is 4. The summed E-state index contributed by atoms with van der Waals surface area (Å²) in [7, 11) is 0. The van der Waals surface area contributed by atoms with Crippen LogP contribution in [0.1, 0.15) is 47.4 Å². The SMILES string of the molecule is N#Cc1cc(C(=O)NC2CCN(c3n[nH]c(N)n3)CC2)n2c1CCCC2. The van der Waals surface area contributed by atoms with Crippen LogP contribution in [0.5, 0.6) is 0 Å². The van der Waals surface area contributed by atoms with E-state index in [0.717, 1.165) is 57.4 Å². The van der Waals surface area contributed by atoms with Crippen molar-refractivity contribution < 1.29 is 4.79 Å². The molecule has 1 amide bonds. The molecule has 26 heavy (non-hydrogen) atoms. The van der Waals surface area contributed by atoms with Crippen LogP contribution >= 0.6 is 0 Å². The van der Waals surface area contributed by atoms with Gasteiger partial charge in [0.25, 0.3) is 5.91 Å². The van der Waals surface area contributed by atoms with Gasteiger partial charge in [0.05, 0.1) is 5.56 Å². The number of anilines is 2. The Hall–Kier alpha value is -3.02. The van der Waals surface area contributed by atoms with Gasteiger partial charge < -0.3 is 20.5 Å². The van der Waals surface area contributed by atoms with Crippen LogP contribution < -0.4 is 16.0 Å². The van der Waals surface area contributed by atoms with Crippen molar-refractivity contribution in [3.63, 3.8) is 0 Å². The van der Waals surface area contributed by atoms with Gasteiger partial charge in [0.15, 0.2) is 0 Å². The Bertz CT molecular complexity index is 853. The summed E-state index contributed by atoms with van der Waals surface area (Å²) in [6, 6.07) is 4.07. The van der Waals surface area contributed by atoms with Gasteiger partial charge >= 0.3 is 0 Å². The third-order valence-electron chi connectivity index (χ3n) is 5.21. The van der Waals surface area contributed by atoms with Crippen LogP contribution in [0.3, 0.4) is 0 Å². The smallest absolute Gasteiger partial charge is 0.268 e. The molecule has 0 spiro atoms. The zero-order valence-electron chi connectivity index (χ0n) is 14.5. The number of rotatable bonds is 3. The number of nitrogens with two attached hydrogens (primary N) is 1. The van der Waals surface area contributed by atoms with Gasteiger partial charge in [-0.25, -0.2) is 5.10 Å². The summed E-state index contributed by atoms with van der Waals surface area (Å²) in [6.07, 6.45) is 4.63. The van der Waals surface area contributed by atoms with E-state index in [0.29, 0.717) is 23.2 Å². The third-order valence-corrected chi connectivity index (χ3v) is 5.21. The van der Waals surface area contributed by atoms with Gasteiger partial charge in [0.2, 0.25) is 11.9 Å². The van der Waals surface area contributed by atoms with Crippen molar-refractivity contribution in [3.8, 4) is 6.07 Å². The summed E-state index contributed by atoms with van der Waals surface area (Å²) in [6.45, 7) is 2.33. The summed E-state index contributed by atoms with van der Waals surface area (Å²) >= 11 is 0. The molecule has 0 saturated carbocycles. The number of nitrogens with one attached hydrogen (secondary N) is 2. The molecule has 9 heteroatoms. The molecule has 0 unspecified atom stereocenters. The van der Waals surface area contributed by atoms with Crippen molar-refractivity contribution >= 4 is 17.8 Å². The van der Waals surface area contributed by atoms with Crippen LogP contribution in [0.2, 0.25) is 0 Å². The Morgan fingerprint density at radius 3 is 2.85 bits per heavy atom. The van der Waals surface area contributed by atoms with Crippen LogP contribution in [0, 0.1) is 11.3 Å². The van der Waals surface area contributed by atoms with E-state index in [1.807, 2.05) is 4.57 Å². The highest BCUT2D eigenvalue weighted by Crippen LogP contribution is 2.24. The van der Waals surface area contributed by atoms with E-state index in [-0.39, 0.29) is 11.9 Å². The molecule has 1 saturated heterocycles. The minimum absolute atomic E-state index is 0.0877. The van der Waals surface area contributed by atoms with Crippen molar-refractivity contribution in [2.75, 3.05) is 23.7 Å². The zero-order valence-corrected chi connectivity index (χ0v) is 14.5. The first-order valence-electron chi connectivity index (χ1n) is 9.02. The number of nitrogen functional groups attached to an aromatic ring is 1. The fourth-order valence-electron chi connectivity index (χ4n) is 3.85. The lowest BCUT2D eigenvalue weighted by molar-refractivity contribution is 0.0920. The summed E-state index contributed by atoms with van der Waals surface area (Å²) in [5.74, 6) is 0.823. The lowest BCUT2D eigenvalue weighted by Crippen LogP contribution is -2.45. The molecule has 0 aliphatic carbocycles. The molecule has 2 aromatic heterocycles. The number of nitrogens with zero attached hydrogens (tertiary/aromatic N) is 5. The number of piperidine rings is 1. The van der Waals surface area contributed by atoms with Crippen LogP contribution in [-0.2, 0) is 13.0 Å². The van der Waals surface area contributed by atoms with Gasteiger partial charge in [-0.1, -0.05) is 0 Å². The normalized spacial score (nSPS) is 17.6. The van der Waals surface area contributed by atoms with E-state index < -0.39 is 0 Å². The molecule has 0 radical (unpaired) electrons. The maximum atomic E-state index is 12.8. The molecule has 0 aromatic carbocycles. The topological polar surface area (TPSA) is 129 Å². The first-order chi connectivity index (χ1) is 12.7. The Kier molecular flexibility index (Phi) is 4.24. The average molecular weight is 354 g/mol. The number of hydrogen-bond acceptors (Lipinski definition) is 6. The van der Waals surface area contributed by atoms with Gasteiger partial charge in [-0.2, -0.15) is 10.2 Å². The van der Waals surface area contributed by atoms with Crippen LogP contribution in [0.4, 0.5) is 11.9 Å². The number of carbonyl (C=O) groups excluding carboxylic acids is 1. The molecule has 1 fully saturated rings.